The molecule has 0 radical (unpaired) electrons. The summed E-state index contributed by atoms with van der Waals surface area (Å²) in [6.45, 7) is 2.53. The molecule has 1 aliphatic heterocycles. The topological polar surface area (TPSA) is 29.5 Å². The highest BCUT2D eigenvalue weighted by atomic mass is 16.6. The Bertz CT molecular complexity index is 501. The summed E-state index contributed by atoms with van der Waals surface area (Å²) in [5.41, 5.74) is 0.746. The van der Waals surface area contributed by atoms with Crippen LogP contribution in [-0.2, 0) is 15.1 Å². The second kappa shape index (κ2) is 5.80. The smallest absolute Gasteiger partial charge is 0.303 e. The molecule has 1 saturated carbocycles. The van der Waals surface area contributed by atoms with Crippen LogP contribution in [0.3, 0.4) is 0 Å². The van der Waals surface area contributed by atoms with Crippen LogP contribution >= 0.6 is 0 Å². The summed E-state index contributed by atoms with van der Waals surface area (Å²) in [5.74, 6) is 0.254. The maximum atomic E-state index is 11.8. The van der Waals surface area contributed by atoms with E-state index in [1.165, 1.54) is 24.8 Å². The molecule has 3 nitrogen and oxygen atoms in total. The van der Waals surface area contributed by atoms with Crippen LogP contribution < -0.4 is 0 Å². The summed E-state index contributed by atoms with van der Waals surface area (Å²) in [7, 11) is 2.21. The zero-order valence-corrected chi connectivity index (χ0v) is 13.0. The Labute approximate surface area is 127 Å². The summed E-state index contributed by atoms with van der Waals surface area (Å²) >= 11 is 0. The zero-order chi connectivity index (χ0) is 14.9. The number of carbonyl (C=O) groups is 1. The van der Waals surface area contributed by atoms with Gasteiger partial charge in [0.25, 0.3) is 0 Å². The fourth-order valence-corrected chi connectivity index (χ4v) is 4.40. The van der Waals surface area contributed by atoms with Crippen LogP contribution in [0.2, 0.25) is 0 Å². The summed E-state index contributed by atoms with van der Waals surface area (Å²) in [4.78, 5) is 14.3. The quantitative estimate of drug-likeness (QED) is 0.781. The minimum absolute atomic E-state index is 0.160. The predicted octanol–water partition coefficient (Wildman–Crippen LogP) is 3.34. The van der Waals surface area contributed by atoms with Gasteiger partial charge in [0.15, 0.2) is 0 Å². The fourth-order valence-electron chi connectivity index (χ4n) is 4.40. The van der Waals surface area contributed by atoms with Gasteiger partial charge in [-0.2, -0.15) is 0 Å². The van der Waals surface area contributed by atoms with Crippen LogP contribution in [-0.4, -0.2) is 30.5 Å². The number of likely N-dealkylation sites (tertiary alicyclic amines) is 1. The molecule has 2 aliphatic rings. The normalized spacial score (nSPS) is 33.2. The van der Waals surface area contributed by atoms with Gasteiger partial charge in [-0.1, -0.05) is 43.2 Å². The molecule has 0 aromatic heterocycles. The molecular weight excluding hydrogens is 262 g/mol. The number of ether oxygens (including phenoxy) is 1. The van der Waals surface area contributed by atoms with Gasteiger partial charge in [-0.05, 0) is 25.5 Å². The molecule has 3 heteroatoms. The Kier molecular flexibility index (Phi) is 4.03. The van der Waals surface area contributed by atoms with Gasteiger partial charge in [-0.25, -0.2) is 0 Å². The number of carbonyl (C=O) groups excluding carboxylic acids is 1. The molecule has 2 fully saturated rings. The van der Waals surface area contributed by atoms with Crippen LogP contribution in [0.25, 0.3) is 0 Å². The molecule has 1 aromatic carbocycles. The molecule has 3 atom stereocenters. The van der Waals surface area contributed by atoms with Gasteiger partial charge < -0.3 is 9.64 Å². The number of fused-ring (bicyclic) bond motifs is 1. The highest BCUT2D eigenvalue weighted by molar-refractivity contribution is 5.67. The molecule has 21 heavy (non-hydrogen) atoms. The largest absolute Gasteiger partial charge is 0.454 e. The van der Waals surface area contributed by atoms with E-state index in [2.05, 4.69) is 36.2 Å². The molecule has 1 saturated heterocycles. The number of hydrogen-bond acceptors (Lipinski definition) is 3. The molecular formula is C18H25NO2. The standard InChI is InChI=1S/C18H25NO2/c1-14(20)21-18(15-8-4-3-5-9-15)12-13-19(2)17-11-7-6-10-16(17)18/h3-5,8-9,16-17H,6-7,10-13H2,1-2H3/t16-,17-,18+/m1/s1. The molecule has 1 aliphatic carbocycles. The van der Waals surface area contributed by atoms with Crippen LogP contribution in [0.5, 0.6) is 0 Å². The van der Waals surface area contributed by atoms with Crippen molar-refractivity contribution in [3.63, 3.8) is 0 Å². The average molecular weight is 287 g/mol. The van der Waals surface area contributed by atoms with Crippen LogP contribution in [0.4, 0.5) is 0 Å². The second-order valence-electron chi connectivity index (χ2n) is 6.54. The Hall–Kier alpha value is -1.35. The first-order valence-electron chi connectivity index (χ1n) is 8.09. The van der Waals surface area contributed by atoms with Crippen molar-refractivity contribution in [2.24, 2.45) is 5.92 Å². The third-order valence-electron chi connectivity index (χ3n) is 5.32. The van der Waals surface area contributed by atoms with E-state index >= 15 is 0 Å². The average Bonchev–Trinajstić information content (AvgIpc) is 2.51. The van der Waals surface area contributed by atoms with Crippen molar-refractivity contribution in [2.75, 3.05) is 13.6 Å². The molecule has 0 amide bonds. The molecule has 0 N–H and O–H groups in total. The van der Waals surface area contributed by atoms with Crippen molar-refractivity contribution >= 4 is 5.97 Å². The molecule has 1 heterocycles. The van der Waals surface area contributed by atoms with Gasteiger partial charge in [0, 0.05) is 31.8 Å². The second-order valence-corrected chi connectivity index (χ2v) is 6.54. The Morgan fingerprint density at radius 3 is 2.67 bits per heavy atom. The van der Waals surface area contributed by atoms with E-state index in [0.717, 1.165) is 19.4 Å². The molecule has 0 unspecified atom stereocenters. The number of rotatable bonds is 2. The summed E-state index contributed by atoms with van der Waals surface area (Å²) < 4.78 is 6.02. The minimum Gasteiger partial charge on any atom is -0.454 e. The molecule has 0 spiro atoms. The van der Waals surface area contributed by atoms with Crippen LogP contribution in [0.1, 0.15) is 44.6 Å². The molecule has 1 aromatic rings. The lowest BCUT2D eigenvalue weighted by molar-refractivity contribution is -0.182. The minimum atomic E-state index is -0.426. The van der Waals surface area contributed by atoms with Crippen molar-refractivity contribution in [3.8, 4) is 0 Å². The number of piperidine rings is 1. The lowest BCUT2D eigenvalue weighted by Gasteiger charge is -2.53. The van der Waals surface area contributed by atoms with E-state index < -0.39 is 5.60 Å². The van der Waals surface area contributed by atoms with Crippen molar-refractivity contribution in [3.05, 3.63) is 35.9 Å². The third-order valence-corrected chi connectivity index (χ3v) is 5.32. The van der Waals surface area contributed by atoms with Crippen molar-refractivity contribution in [2.45, 2.75) is 50.7 Å². The molecule has 114 valence electrons. The lowest BCUT2D eigenvalue weighted by Crippen LogP contribution is -2.57. The van der Waals surface area contributed by atoms with E-state index in [1.54, 1.807) is 6.92 Å². The third kappa shape index (κ3) is 2.59. The monoisotopic (exact) mass is 287 g/mol. The highest BCUT2D eigenvalue weighted by Gasteiger charge is 2.51. The predicted molar refractivity (Wildman–Crippen MR) is 82.9 cm³/mol. The number of benzene rings is 1. The zero-order valence-electron chi connectivity index (χ0n) is 13.0. The van der Waals surface area contributed by atoms with Crippen molar-refractivity contribution in [1.29, 1.82) is 0 Å². The fraction of sp³-hybridized carbons (Fsp3) is 0.611. The van der Waals surface area contributed by atoms with E-state index in [1.807, 2.05) is 6.07 Å². The Balaban J connectivity index is 2.03. The molecule has 0 bridgehead atoms. The van der Waals surface area contributed by atoms with E-state index in [-0.39, 0.29) is 5.97 Å². The first-order chi connectivity index (χ1) is 10.1. The maximum absolute atomic E-state index is 11.8. The maximum Gasteiger partial charge on any atom is 0.303 e. The number of hydrogen-bond donors (Lipinski definition) is 0. The van der Waals surface area contributed by atoms with E-state index in [4.69, 9.17) is 4.74 Å². The van der Waals surface area contributed by atoms with E-state index in [0.29, 0.717) is 12.0 Å². The number of esters is 1. The van der Waals surface area contributed by atoms with Gasteiger partial charge in [-0.15, -0.1) is 0 Å². The summed E-state index contributed by atoms with van der Waals surface area (Å²) in [6, 6.07) is 10.9. The lowest BCUT2D eigenvalue weighted by atomic mass is 9.66. The summed E-state index contributed by atoms with van der Waals surface area (Å²) in [5, 5.41) is 0. The van der Waals surface area contributed by atoms with Crippen LogP contribution in [0, 0.1) is 5.92 Å². The van der Waals surface area contributed by atoms with Gasteiger partial charge in [0.1, 0.15) is 5.60 Å². The number of nitrogens with zero attached hydrogens (tertiary/aromatic N) is 1. The Morgan fingerprint density at radius 2 is 1.95 bits per heavy atom. The van der Waals surface area contributed by atoms with Gasteiger partial charge in [0.05, 0.1) is 0 Å². The summed E-state index contributed by atoms with van der Waals surface area (Å²) in [6.07, 6.45) is 5.80. The first kappa shape index (κ1) is 14.6. The van der Waals surface area contributed by atoms with E-state index in [9.17, 15) is 4.79 Å². The SMILES string of the molecule is CC(=O)O[C@]1(c2ccccc2)CCN(C)[C@@H]2CCCC[C@H]21. The van der Waals surface area contributed by atoms with Crippen molar-refractivity contribution < 1.29 is 9.53 Å². The van der Waals surface area contributed by atoms with Crippen molar-refractivity contribution in [1.82, 2.24) is 4.90 Å². The highest BCUT2D eigenvalue weighted by Crippen LogP contribution is 2.48. The first-order valence-corrected chi connectivity index (χ1v) is 8.09. The van der Waals surface area contributed by atoms with Gasteiger partial charge in [0.2, 0.25) is 0 Å². The molecule has 3 rings (SSSR count). The Morgan fingerprint density at radius 1 is 1.24 bits per heavy atom. The van der Waals surface area contributed by atoms with Crippen LogP contribution in [0.15, 0.2) is 30.3 Å². The van der Waals surface area contributed by atoms with Gasteiger partial charge >= 0.3 is 5.97 Å². The van der Waals surface area contributed by atoms with Gasteiger partial charge in [-0.3, -0.25) is 4.79 Å².